The van der Waals surface area contributed by atoms with Gasteiger partial charge in [-0.2, -0.15) is 0 Å². The number of hydrogen-bond acceptors (Lipinski definition) is 4. The SMILES string of the molecule is CCC1CN(S(=O)(=O)C(C)C)CCC1NCc1ccc(Cl)o1. The van der Waals surface area contributed by atoms with Crippen molar-refractivity contribution >= 4 is 21.6 Å². The Morgan fingerprint density at radius 1 is 1.45 bits per heavy atom. The summed E-state index contributed by atoms with van der Waals surface area (Å²) in [5.74, 6) is 1.12. The highest BCUT2D eigenvalue weighted by atomic mass is 35.5. The molecule has 0 amide bonds. The van der Waals surface area contributed by atoms with Gasteiger partial charge in [-0.15, -0.1) is 0 Å². The van der Waals surface area contributed by atoms with Crippen LogP contribution in [0.15, 0.2) is 16.5 Å². The lowest BCUT2D eigenvalue weighted by Crippen LogP contribution is -2.51. The molecule has 22 heavy (non-hydrogen) atoms. The lowest BCUT2D eigenvalue weighted by atomic mass is 9.91. The Kier molecular flexibility index (Phi) is 5.94. The molecule has 7 heteroatoms. The largest absolute Gasteiger partial charge is 0.448 e. The van der Waals surface area contributed by atoms with Crippen LogP contribution in [0.25, 0.3) is 0 Å². The van der Waals surface area contributed by atoms with Crippen molar-refractivity contribution in [2.45, 2.75) is 51.4 Å². The maximum atomic E-state index is 12.3. The normalized spacial score (nSPS) is 24.0. The van der Waals surface area contributed by atoms with E-state index in [2.05, 4.69) is 12.2 Å². The summed E-state index contributed by atoms with van der Waals surface area (Å²) in [4.78, 5) is 0. The molecule has 0 radical (unpaired) electrons. The molecule has 2 atom stereocenters. The van der Waals surface area contributed by atoms with Crippen LogP contribution >= 0.6 is 11.6 Å². The molecule has 2 heterocycles. The molecule has 0 aromatic carbocycles. The van der Waals surface area contributed by atoms with Crippen LogP contribution in [0.2, 0.25) is 5.22 Å². The molecule has 0 spiro atoms. The van der Waals surface area contributed by atoms with Gasteiger partial charge in [0.2, 0.25) is 10.0 Å². The molecule has 0 aliphatic carbocycles. The molecule has 0 saturated carbocycles. The average Bonchev–Trinajstić information content (AvgIpc) is 2.90. The molecule has 1 saturated heterocycles. The van der Waals surface area contributed by atoms with Gasteiger partial charge in [-0.05, 0) is 49.9 Å². The van der Waals surface area contributed by atoms with E-state index in [4.69, 9.17) is 16.0 Å². The van der Waals surface area contributed by atoms with Crippen LogP contribution in [0.3, 0.4) is 0 Å². The van der Waals surface area contributed by atoms with E-state index in [1.807, 2.05) is 6.07 Å². The van der Waals surface area contributed by atoms with Crippen molar-refractivity contribution in [3.8, 4) is 0 Å². The Labute approximate surface area is 138 Å². The van der Waals surface area contributed by atoms with Gasteiger partial charge in [0.15, 0.2) is 5.22 Å². The van der Waals surface area contributed by atoms with Gasteiger partial charge < -0.3 is 9.73 Å². The first-order valence-electron chi connectivity index (χ1n) is 7.81. The first kappa shape index (κ1) is 17.8. The zero-order valence-corrected chi connectivity index (χ0v) is 15.0. The molecule has 1 fully saturated rings. The Hall–Kier alpha value is -0.560. The fourth-order valence-corrected chi connectivity index (χ4v) is 4.41. The van der Waals surface area contributed by atoms with Crippen molar-refractivity contribution in [2.75, 3.05) is 13.1 Å². The third-order valence-electron chi connectivity index (χ3n) is 4.34. The summed E-state index contributed by atoms with van der Waals surface area (Å²) in [5.41, 5.74) is 0. The van der Waals surface area contributed by atoms with Crippen LogP contribution in [0.1, 0.15) is 39.4 Å². The van der Waals surface area contributed by atoms with Crippen LogP contribution in [0.5, 0.6) is 0 Å². The summed E-state index contributed by atoms with van der Waals surface area (Å²) in [6.07, 6.45) is 1.76. The molecule has 1 aromatic rings. The quantitative estimate of drug-likeness (QED) is 0.858. The maximum Gasteiger partial charge on any atom is 0.216 e. The molecule has 126 valence electrons. The second-order valence-electron chi connectivity index (χ2n) is 6.10. The summed E-state index contributed by atoms with van der Waals surface area (Å²) in [5, 5.41) is 3.51. The molecule has 1 N–H and O–H groups in total. The molecule has 1 aromatic heterocycles. The fraction of sp³-hybridized carbons (Fsp3) is 0.733. The van der Waals surface area contributed by atoms with Gasteiger partial charge >= 0.3 is 0 Å². The van der Waals surface area contributed by atoms with E-state index in [0.29, 0.717) is 36.8 Å². The highest BCUT2D eigenvalue weighted by molar-refractivity contribution is 7.89. The third kappa shape index (κ3) is 4.04. The molecular weight excluding hydrogens is 324 g/mol. The highest BCUT2D eigenvalue weighted by Crippen LogP contribution is 2.24. The number of furan rings is 1. The van der Waals surface area contributed by atoms with Gasteiger partial charge in [-0.3, -0.25) is 0 Å². The van der Waals surface area contributed by atoms with Gasteiger partial charge in [0, 0.05) is 19.1 Å². The van der Waals surface area contributed by atoms with E-state index in [0.717, 1.165) is 18.6 Å². The summed E-state index contributed by atoms with van der Waals surface area (Å²) in [7, 11) is -3.16. The smallest absolute Gasteiger partial charge is 0.216 e. The summed E-state index contributed by atoms with van der Waals surface area (Å²) in [6, 6.07) is 3.88. The van der Waals surface area contributed by atoms with Crippen LogP contribution in [-0.2, 0) is 16.6 Å². The zero-order chi connectivity index (χ0) is 16.3. The van der Waals surface area contributed by atoms with Gasteiger partial charge in [-0.25, -0.2) is 12.7 Å². The Balaban J connectivity index is 1.95. The van der Waals surface area contributed by atoms with Crippen LogP contribution in [0.4, 0.5) is 0 Å². The summed E-state index contributed by atoms with van der Waals surface area (Å²) in [6.45, 7) is 7.36. The highest BCUT2D eigenvalue weighted by Gasteiger charge is 2.35. The third-order valence-corrected chi connectivity index (χ3v) is 6.79. The zero-order valence-electron chi connectivity index (χ0n) is 13.4. The van der Waals surface area contributed by atoms with E-state index in [-0.39, 0.29) is 5.25 Å². The summed E-state index contributed by atoms with van der Waals surface area (Å²) >= 11 is 5.77. The number of nitrogens with zero attached hydrogens (tertiary/aromatic N) is 1. The Morgan fingerprint density at radius 3 is 2.73 bits per heavy atom. The molecule has 1 aliphatic rings. The summed E-state index contributed by atoms with van der Waals surface area (Å²) < 4.78 is 31.6. The number of sulfonamides is 1. The fourth-order valence-electron chi connectivity index (χ4n) is 2.89. The average molecular weight is 349 g/mol. The molecule has 2 rings (SSSR count). The van der Waals surface area contributed by atoms with E-state index >= 15 is 0 Å². The van der Waals surface area contributed by atoms with Gasteiger partial charge in [0.1, 0.15) is 5.76 Å². The molecule has 1 aliphatic heterocycles. The first-order valence-corrected chi connectivity index (χ1v) is 9.69. The topological polar surface area (TPSA) is 62.6 Å². The number of halogens is 1. The molecular formula is C15H25ClN2O3S. The van der Waals surface area contributed by atoms with E-state index < -0.39 is 10.0 Å². The lowest BCUT2D eigenvalue weighted by Gasteiger charge is -2.38. The minimum Gasteiger partial charge on any atom is -0.448 e. The number of piperidine rings is 1. The second-order valence-corrected chi connectivity index (χ2v) is 8.96. The van der Waals surface area contributed by atoms with E-state index in [9.17, 15) is 8.42 Å². The molecule has 0 bridgehead atoms. The van der Waals surface area contributed by atoms with E-state index in [1.54, 1.807) is 24.2 Å². The number of nitrogens with one attached hydrogen (secondary N) is 1. The number of hydrogen-bond donors (Lipinski definition) is 1. The predicted octanol–water partition coefficient (Wildman–Crippen LogP) is 2.86. The van der Waals surface area contributed by atoms with Crippen molar-refractivity contribution < 1.29 is 12.8 Å². The van der Waals surface area contributed by atoms with Crippen molar-refractivity contribution in [1.82, 2.24) is 9.62 Å². The van der Waals surface area contributed by atoms with Crippen molar-refractivity contribution in [1.29, 1.82) is 0 Å². The molecule has 5 nitrogen and oxygen atoms in total. The van der Waals surface area contributed by atoms with Crippen molar-refractivity contribution in [3.63, 3.8) is 0 Å². The van der Waals surface area contributed by atoms with Gasteiger partial charge in [0.25, 0.3) is 0 Å². The van der Waals surface area contributed by atoms with Crippen LogP contribution in [0, 0.1) is 5.92 Å². The standard InChI is InChI=1S/C15H25ClN2O3S/c1-4-12-10-18(22(19,20)11(2)3)8-7-14(12)17-9-13-5-6-15(16)21-13/h5-6,11-12,14,17H,4,7-10H2,1-3H3. The van der Waals surface area contributed by atoms with Gasteiger partial charge in [-0.1, -0.05) is 13.3 Å². The predicted molar refractivity (Wildman–Crippen MR) is 88.4 cm³/mol. The van der Waals surface area contributed by atoms with Crippen LogP contribution in [-0.4, -0.2) is 37.1 Å². The second kappa shape index (κ2) is 7.34. The van der Waals surface area contributed by atoms with Crippen LogP contribution < -0.4 is 5.32 Å². The minimum absolute atomic E-state index is 0.299. The lowest BCUT2D eigenvalue weighted by molar-refractivity contribution is 0.197. The van der Waals surface area contributed by atoms with E-state index in [1.165, 1.54) is 0 Å². The minimum atomic E-state index is -3.16. The van der Waals surface area contributed by atoms with Crippen molar-refractivity contribution in [3.05, 3.63) is 23.1 Å². The van der Waals surface area contributed by atoms with Crippen molar-refractivity contribution in [2.24, 2.45) is 5.92 Å². The Bertz CT molecular complexity index is 585. The number of rotatable bonds is 6. The first-order chi connectivity index (χ1) is 10.3. The molecule has 2 unspecified atom stereocenters. The monoisotopic (exact) mass is 348 g/mol. The Morgan fingerprint density at radius 2 is 2.18 bits per heavy atom. The maximum absolute atomic E-state index is 12.3. The van der Waals surface area contributed by atoms with Gasteiger partial charge in [0.05, 0.1) is 11.8 Å².